The minimum absolute atomic E-state index is 0.278. The highest BCUT2D eigenvalue weighted by Crippen LogP contribution is 2.28. The van der Waals surface area contributed by atoms with Gasteiger partial charge in [-0.05, 0) is 75.6 Å². The quantitative estimate of drug-likeness (QED) is 0.436. The molecule has 4 nitrogen and oxygen atoms in total. The van der Waals surface area contributed by atoms with Crippen LogP contribution in [0.15, 0.2) is 35.9 Å². The average molecular weight is 442 g/mol. The maximum absolute atomic E-state index is 6.41. The lowest BCUT2D eigenvalue weighted by molar-refractivity contribution is 0.209. The SMILES string of the molecule is CC(C)=CCN(c1ccc(OCC2CCCCC2)cc1)C1CCN(CC(N)CC(C)C)C1. The predicted octanol–water partition coefficient (Wildman–Crippen LogP) is 5.87. The first-order valence-electron chi connectivity index (χ1n) is 13.0. The van der Waals surface area contributed by atoms with Crippen LogP contribution in [0.2, 0.25) is 0 Å². The van der Waals surface area contributed by atoms with Crippen LogP contribution in [-0.4, -0.2) is 49.8 Å². The Labute approximate surface area is 197 Å². The van der Waals surface area contributed by atoms with Crippen LogP contribution in [0.25, 0.3) is 0 Å². The Bertz CT molecular complexity index is 689. The van der Waals surface area contributed by atoms with E-state index in [4.69, 9.17) is 10.5 Å². The van der Waals surface area contributed by atoms with Gasteiger partial charge in [0.2, 0.25) is 0 Å². The van der Waals surface area contributed by atoms with E-state index in [0.717, 1.165) is 50.9 Å². The number of nitrogens with zero attached hydrogens (tertiary/aromatic N) is 2. The van der Waals surface area contributed by atoms with Gasteiger partial charge >= 0.3 is 0 Å². The molecule has 1 aromatic rings. The lowest BCUT2D eigenvalue weighted by Crippen LogP contribution is -2.41. The lowest BCUT2D eigenvalue weighted by atomic mass is 9.90. The van der Waals surface area contributed by atoms with Gasteiger partial charge in [-0.3, -0.25) is 4.90 Å². The molecule has 2 atom stereocenters. The molecular formula is C28H47N3O. The predicted molar refractivity (Wildman–Crippen MR) is 138 cm³/mol. The number of rotatable bonds is 11. The largest absolute Gasteiger partial charge is 0.493 e. The number of hydrogen-bond donors (Lipinski definition) is 1. The number of ether oxygens (including phenoxy) is 1. The van der Waals surface area contributed by atoms with Gasteiger partial charge in [0.15, 0.2) is 0 Å². The van der Waals surface area contributed by atoms with Crippen LogP contribution >= 0.6 is 0 Å². The highest BCUT2D eigenvalue weighted by molar-refractivity contribution is 5.51. The maximum Gasteiger partial charge on any atom is 0.119 e. The Balaban J connectivity index is 1.59. The summed E-state index contributed by atoms with van der Waals surface area (Å²) in [6.07, 6.45) is 11.4. The van der Waals surface area contributed by atoms with Gasteiger partial charge in [-0.1, -0.05) is 44.8 Å². The van der Waals surface area contributed by atoms with E-state index >= 15 is 0 Å². The third-order valence-corrected chi connectivity index (χ3v) is 7.03. The van der Waals surface area contributed by atoms with Crippen LogP contribution in [0, 0.1) is 11.8 Å². The van der Waals surface area contributed by atoms with Crippen LogP contribution in [0.1, 0.15) is 72.6 Å². The van der Waals surface area contributed by atoms with Gasteiger partial charge in [0.25, 0.3) is 0 Å². The van der Waals surface area contributed by atoms with Crippen molar-refractivity contribution >= 4 is 5.69 Å². The van der Waals surface area contributed by atoms with E-state index in [0.29, 0.717) is 12.0 Å². The standard InChI is InChI=1S/C28H47N3O/c1-22(2)14-17-31(27-15-16-30(20-27)19-25(29)18-23(3)4)26-10-12-28(13-11-26)32-21-24-8-6-5-7-9-24/h10-14,23-25,27H,5-9,15-21,29H2,1-4H3. The number of anilines is 1. The molecule has 2 aliphatic rings. The van der Waals surface area contributed by atoms with Crippen LogP contribution < -0.4 is 15.4 Å². The molecule has 1 saturated carbocycles. The number of allylic oxidation sites excluding steroid dienone is 1. The van der Waals surface area contributed by atoms with Crippen molar-refractivity contribution in [3.05, 3.63) is 35.9 Å². The van der Waals surface area contributed by atoms with E-state index in [1.807, 2.05) is 0 Å². The Morgan fingerprint density at radius 1 is 1.12 bits per heavy atom. The van der Waals surface area contributed by atoms with Crippen molar-refractivity contribution in [1.29, 1.82) is 0 Å². The van der Waals surface area contributed by atoms with E-state index < -0.39 is 0 Å². The summed E-state index contributed by atoms with van der Waals surface area (Å²) in [5.41, 5.74) is 9.07. The van der Waals surface area contributed by atoms with Crippen molar-refractivity contribution in [3.63, 3.8) is 0 Å². The van der Waals surface area contributed by atoms with Gasteiger partial charge < -0.3 is 15.4 Å². The molecule has 180 valence electrons. The summed E-state index contributed by atoms with van der Waals surface area (Å²) >= 11 is 0. The Morgan fingerprint density at radius 2 is 1.84 bits per heavy atom. The minimum Gasteiger partial charge on any atom is -0.493 e. The zero-order chi connectivity index (χ0) is 22.9. The van der Waals surface area contributed by atoms with Crippen LogP contribution in [0.3, 0.4) is 0 Å². The number of benzene rings is 1. The summed E-state index contributed by atoms with van der Waals surface area (Å²) in [7, 11) is 0. The number of likely N-dealkylation sites (tertiary alicyclic amines) is 1. The Kier molecular flexibility index (Phi) is 9.92. The van der Waals surface area contributed by atoms with Crippen LogP contribution in [0.4, 0.5) is 5.69 Å². The smallest absolute Gasteiger partial charge is 0.119 e. The third kappa shape index (κ3) is 8.12. The van der Waals surface area contributed by atoms with Gasteiger partial charge in [-0.15, -0.1) is 0 Å². The summed E-state index contributed by atoms with van der Waals surface area (Å²) < 4.78 is 6.14. The van der Waals surface area contributed by atoms with E-state index in [2.05, 4.69) is 67.8 Å². The van der Waals surface area contributed by atoms with Gasteiger partial charge in [0.05, 0.1) is 6.61 Å². The van der Waals surface area contributed by atoms with E-state index in [1.54, 1.807) is 0 Å². The molecule has 1 aliphatic carbocycles. The first-order chi connectivity index (χ1) is 15.4. The van der Waals surface area contributed by atoms with Crippen molar-refractivity contribution in [2.45, 2.75) is 84.7 Å². The zero-order valence-corrected chi connectivity index (χ0v) is 21.1. The molecule has 0 amide bonds. The summed E-state index contributed by atoms with van der Waals surface area (Å²) in [5.74, 6) is 2.41. The fourth-order valence-electron chi connectivity index (χ4n) is 5.29. The summed E-state index contributed by atoms with van der Waals surface area (Å²) in [4.78, 5) is 5.14. The number of hydrogen-bond acceptors (Lipinski definition) is 4. The van der Waals surface area contributed by atoms with Crippen molar-refractivity contribution in [2.24, 2.45) is 17.6 Å². The second-order valence-corrected chi connectivity index (χ2v) is 10.8. The molecule has 0 aromatic heterocycles. The molecule has 4 heteroatoms. The van der Waals surface area contributed by atoms with Crippen LogP contribution in [-0.2, 0) is 0 Å². The Hall–Kier alpha value is -1.52. The zero-order valence-electron chi connectivity index (χ0n) is 21.1. The molecule has 0 bridgehead atoms. The van der Waals surface area contributed by atoms with E-state index in [1.165, 1.54) is 49.8 Å². The summed E-state index contributed by atoms with van der Waals surface area (Å²) in [5, 5.41) is 0. The maximum atomic E-state index is 6.41. The molecule has 2 unspecified atom stereocenters. The average Bonchev–Trinajstić information content (AvgIpc) is 3.21. The van der Waals surface area contributed by atoms with Crippen molar-refractivity contribution in [3.8, 4) is 5.75 Å². The second-order valence-electron chi connectivity index (χ2n) is 10.8. The molecule has 1 heterocycles. The van der Waals surface area contributed by atoms with Crippen LogP contribution in [0.5, 0.6) is 5.75 Å². The number of nitrogens with two attached hydrogens (primary N) is 1. The van der Waals surface area contributed by atoms with Gasteiger partial charge in [0, 0.05) is 44.0 Å². The van der Waals surface area contributed by atoms with E-state index in [9.17, 15) is 0 Å². The normalized spacial score (nSPS) is 21.0. The van der Waals surface area contributed by atoms with Gasteiger partial charge in [-0.2, -0.15) is 0 Å². The molecule has 0 spiro atoms. The van der Waals surface area contributed by atoms with E-state index in [-0.39, 0.29) is 6.04 Å². The lowest BCUT2D eigenvalue weighted by Gasteiger charge is -2.31. The fourth-order valence-corrected chi connectivity index (χ4v) is 5.29. The van der Waals surface area contributed by atoms with Crippen molar-refractivity contribution < 1.29 is 4.74 Å². The minimum atomic E-state index is 0.278. The Morgan fingerprint density at radius 3 is 2.50 bits per heavy atom. The fraction of sp³-hybridized carbons (Fsp3) is 0.714. The molecular weight excluding hydrogens is 394 g/mol. The third-order valence-electron chi connectivity index (χ3n) is 7.03. The summed E-state index contributed by atoms with van der Waals surface area (Å²) in [6, 6.07) is 9.65. The molecule has 1 aromatic carbocycles. The van der Waals surface area contributed by atoms with Crippen molar-refractivity contribution in [2.75, 3.05) is 37.7 Å². The molecule has 2 fully saturated rings. The summed E-state index contributed by atoms with van der Waals surface area (Å²) in [6.45, 7) is 14.0. The monoisotopic (exact) mass is 441 g/mol. The van der Waals surface area contributed by atoms with Crippen molar-refractivity contribution in [1.82, 2.24) is 4.90 Å². The molecule has 2 N–H and O–H groups in total. The molecule has 1 aliphatic heterocycles. The van der Waals surface area contributed by atoms with Gasteiger partial charge in [0.1, 0.15) is 5.75 Å². The second kappa shape index (κ2) is 12.6. The van der Waals surface area contributed by atoms with Gasteiger partial charge in [-0.25, -0.2) is 0 Å². The molecule has 32 heavy (non-hydrogen) atoms. The molecule has 0 radical (unpaired) electrons. The first kappa shape index (κ1) is 25.1. The molecule has 1 saturated heterocycles. The highest BCUT2D eigenvalue weighted by Gasteiger charge is 2.28. The first-order valence-corrected chi connectivity index (χ1v) is 13.0. The molecule has 3 rings (SSSR count). The highest BCUT2D eigenvalue weighted by atomic mass is 16.5. The topological polar surface area (TPSA) is 41.7 Å².